The van der Waals surface area contributed by atoms with Crippen LogP contribution < -0.4 is 0 Å². The van der Waals surface area contributed by atoms with Crippen LogP contribution in [0, 0.1) is 5.92 Å². The summed E-state index contributed by atoms with van der Waals surface area (Å²) in [6.07, 6.45) is -5.81. The van der Waals surface area contributed by atoms with Gasteiger partial charge in [-0.2, -0.15) is 22.0 Å². The van der Waals surface area contributed by atoms with E-state index < -0.39 is 23.8 Å². The van der Waals surface area contributed by atoms with Crippen molar-refractivity contribution in [3.63, 3.8) is 0 Å². The normalized spacial score (nSPS) is 13.4. The van der Waals surface area contributed by atoms with E-state index in [2.05, 4.69) is 0 Å². The van der Waals surface area contributed by atoms with Gasteiger partial charge in [-0.25, -0.2) is 0 Å². The molecular formula is C8H11F5O. The highest BCUT2D eigenvalue weighted by atomic mass is 19.4. The first-order valence-electron chi connectivity index (χ1n) is 4.17. The summed E-state index contributed by atoms with van der Waals surface area (Å²) in [5.74, 6) is -8.48. The van der Waals surface area contributed by atoms with Crippen LogP contribution in [-0.2, 0) is 4.79 Å². The Kier molecular flexibility index (Phi) is 4.02. The summed E-state index contributed by atoms with van der Waals surface area (Å²) >= 11 is 0. The van der Waals surface area contributed by atoms with Crippen LogP contribution in [0.5, 0.6) is 0 Å². The van der Waals surface area contributed by atoms with E-state index in [1.165, 1.54) is 13.8 Å². The molecule has 0 aromatic rings. The van der Waals surface area contributed by atoms with Gasteiger partial charge < -0.3 is 0 Å². The molecule has 0 aliphatic rings. The van der Waals surface area contributed by atoms with Crippen LogP contribution >= 0.6 is 0 Å². The predicted molar refractivity (Wildman–Crippen MR) is 40.1 cm³/mol. The van der Waals surface area contributed by atoms with Crippen molar-refractivity contribution in [2.75, 3.05) is 0 Å². The molecular weight excluding hydrogens is 207 g/mol. The van der Waals surface area contributed by atoms with Gasteiger partial charge in [0.05, 0.1) is 0 Å². The summed E-state index contributed by atoms with van der Waals surface area (Å²) in [5.41, 5.74) is 0. The summed E-state index contributed by atoms with van der Waals surface area (Å²) in [5, 5.41) is 0. The topological polar surface area (TPSA) is 17.1 Å². The number of carbonyl (C=O) groups is 1. The lowest BCUT2D eigenvalue weighted by Crippen LogP contribution is -2.46. The smallest absolute Gasteiger partial charge is 0.292 e. The van der Waals surface area contributed by atoms with Crippen molar-refractivity contribution in [3.8, 4) is 0 Å². The first-order valence-corrected chi connectivity index (χ1v) is 4.17. The zero-order valence-electron chi connectivity index (χ0n) is 7.79. The number of Topliss-reactive ketones (excluding diaryl/α,β-unsaturated/α-hetero) is 1. The second kappa shape index (κ2) is 4.23. The molecule has 6 heteroatoms. The average Bonchev–Trinajstić information content (AvgIpc) is 2.04. The predicted octanol–water partition coefficient (Wildman–Crippen LogP) is 3.19. The van der Waals surface area contributed by atoms with Crippen LogP contribution in [0.2, 0.25) is 0 Å². The molecule has 0 fully saturated rings. The molecule has 0 saturated heterocycles. The van der Waals surface area contributed by atoms with Crippen molar-refractivity contribution < 1.29 is 26.7 Å². The highest BCUT2D eigenvalue weighted by molar-refractivity contribution is 5.88. The number of hydrogen-bond donors (Lipinski definition) is 0. The first-order chi connectivity index (χ1) is 6.18. The van der Waals surface area contributed by atoms with Crippen molar-refractivity contribution in [1.29, 1.82) is 0 Å². The van der Waals surface area contributed by atoms with Crippen molar-refractivity contribution in [1.82, 2.24) is 0 Å². The Morgan fingerprint density at radius 3 is 1.64 bits per heavy atom. The second-order valence-corrected chi connectivity index (χ2v) is 2.95. The van der Waals surface area contributed by atoms with Gasteiger partial charge in [0.2, 0.25) is 5.78 Å². The Bertz CT molecular complexity index is 204. The fourth-order valence-electron chi connectivity index (χ4n) is 1.06. The third-order valence-corrected chi connectivity index (χ3v) is 2.02. The molecule has 0 amide bonds. The molecule has 0 aromatic carbocycles. The highest BCUT2D eigenvalue weighted by Crippen LogP contribution is 2.38. The van der Waals surface area contributed by atoms with Gasteiger partial charge in [-0.3, -0.25) is 4.79 Å². The number of alkyl halides is 5. The van der Waals surface area contributed by atoms with E-state index >= 15 is 0 Å². The van der Waals surface area contributed by atoms with E-state index in [1.54, 1.807) is 0 Å². The summed E-state index contributed by atoms with van der Waals surface area (Å²) in [6.45, 7) is 2.80. The SMILES string of the molecule is CCC(CC)C(=O)C(F)(F)C(F)(F)F. The lowest BCUT2D eigenvalue weighted by atomic mass is 9.94. The van der Waals surface area contributed by atoms with Crippen LogP contribution in [0.3, 0.4) is 0 Å². The number of halogens is 5. The van der Waals surface area contributed by atoms with Crippen molar-refractivity contribution in [2.45, 2.75) is 38.8 Å². The van der Waals surface area contributed by atoms with Gasteiger partial charge in [0.25, 0.3) is 0 Å². The number of hydrogen-bond acceptors (Lipinski definition) is 1. The molecule has 0 aliphatic carbocycles. The fraction of sp³-hybridized carbons (Fsp3) is 0.875. The fourth-order valence-corrected chi connectivity index (χ4v) is 1.06. The van der Waals surface area contributed by atoms with Crippen LogP contribution in [0.25, 0.3) is 0 Å². The van der Waals surface area contributed by atoms with Gasteiger partial charge in [0, 0.05) is 5.92 Å². The summed E-state index contributed by atoms with van der Waals surface area (Å²) in [4.78, 5) is 10.8. The van der Waals surface area contributed by atoms with Crippen LogP contribution in [0.4, 0.5) is 22.0 Å². The average molecular weight is 218 g/mol. The lowest BCUT2D eigenvalue weighted by Gasteiger charge is -2.22. The van der Waals surface area contributed by atoms with Gasteiger partial charge in [-0.1, -0.05) is 13.8 Å². The van der Waals surface area contributed by atoms with Gasteiger partial charge >= 0.3 is 12.1 Å². The summed E-state index contributed by atoms with van der Waals surface area (Å²) < 4.78 is 60.2. The van der Waals surface area contributed by atoms with Gasteiger partial charge in [-0.05, 0) is 12.8 Å². The van der Waals surface area contributed by atoms with Gasteiger partial charge in [0.1, 0.15) is 0 Å². The molecule has 14 heavy (non-hydrogen) atoms. The molecule has 84 valence electrons. The number of carbonyl (C=O) groups excluding carboxylic acids is 1. The van der Waals surface area contributed by atoms with E-state index in [0.717, 1.165) is 0 Å². The molecule has 1 nitrogen and oxygen atoms in total. The summed E-state index contributed by atoms with van der Waals surface area (Å²) in [7, 11) is 0. The second-order valence-electron chi connectivity index (χ2n) is 2.95. The zero-order chi connectivity index (χ0) is 11.6. The minimum atomic E-state index is -5.79. The molecule has 0 radical (unpaired) electrons. The van der Waals surface area contributed by atoms with Crippen molar-refractivity contribution in [3.05, 3.63) is 0 Å². The molecule has 0 bridgehead atoms. The molecule has 0 saturated carbocycles. The van der Waals surface area contributed by atoms with Crippen LogP contribution in [0.1, 0.15) is 26.7 Å². The molecule has 0 aliphatic heterocycles. The maximum absolute atomic E-state index is 12.5. The van der Waals surface area contributed by atoms with Crippen molar-refractivity contribution >= 4 is 5.78 Å². The Hall–Kier alpha value is -0.680. The van der Waals surface area contributed by atoms with E-state index in [1.807, 2.05) is 0 Å². The minimum Gasteiger partial charge on any atom is -0.292 e. The molecule has 0 heterocycles. The van der Waals surface area contributed by atoms with E-state index in [-0.39, 0.29) is 12.8 Å². The van der Waals surface area contributed by atoms with Gasteiger partial charge in [-0.15, -0.1) is 0 Å². The molecule has 0 unspecified atom stereocenters. The molecule has 0 aromatic heterocycles. The lowest BCUT2D eigenvalue weighted by molar-refractivity contribution is -0.270. The molecule has 0 N–H and O–H groups in total. The quantitative estimate of drug-likeness (QED) is 0.662. The van der Waals surface area contributed by atoms with E-state index in [0.29, 0.717) is 0 Å². The third-order valence-electron chi connectivity index (χ3n) is 2.02. The largest absolute Gasteiger partial charge is 0.461 e. The Morgan fingerprint density at radius 2 is 1.43 bits per heavy atom. The van der Waals surface area contributed by atoms with E-state index in [9.17, 15) is 26.7 Å². The Labute approximate surface area is 78.3 Å². The van der Waals surface area contributed by atoms with Crippen LogP contribution in [-0.4, -0.2) is 17.9 Å². The minimum absolute atomic E-state index is 0.0129. The monoisotopic (exact) mass is 218 g/mol. The maximum Gasteiger partial charge on any atom is 0.461 e. The van der Waals surface area contributed by atoms with E-state index in [4.69, 9.17) is 0 Å². The van der Waals surface area contributed by atoms with Crippen molar-refractivity contribution in [2.24, 2.45) is 5.92 Å². The molecule has 0 atom stereocenters. The molecule has 0 spiro atoms. The summed E-state index contributed by atoms with van der Waals surface area (Å²) in [6, 6.07) is 0. The highest BCUT2D eigenvalue weighted by Gasteiger charge is 2.63. The van der Waals surface area contributed by atoms with Crippen LogP contribution in [0.15, 0.2) is 0 Å². The Balaban J connectivity index is 4.83. The Morgan fingerprint density at radius 1 is 1.07 bits per heavy atom. The third kappa shape index (κ3) is 2.42. The number of rotatable bonds is 4. The standard InChI is InChI=1S/C8H11F5O/c1-3-5(4-2)6(14)7(9,10)8(11,12)13/h5H,3-4H2,1-2H3. The first kappa shape index (κ1) is 13.3. The zero-order valence-corrected chi connectivity index (χ0v) is 7.79. The maximum atomic E-state index is 12.5. The van der Waals surface area contributed by atoms with Gasteiger partial charge in [0.15, 0.2) is 0 Å². The molecule has 0 rings (SSSR count). The number of ketones is 1.